The molecule has 96 valence electrons. The van der Waals surface area contributed by atoms with Gasteiger partial charge in [-0.25, -0.2) is 0 Å². The van der Waals surface area contributed by atoms with E-state index in [1.807, 2.05) is 13.8 Å². The highest BCUT2D eigenvalue weighted by Crippen LogP contribution is 1.99. The fourth-order valence-corrected chi connectivity index (χ4v) is 1.08. The lowest BCUT2D eigenvalue weighted by molar-refractivity contribution is -0.152. The number of esters is 1. The van der Waals surface area contributed by atoms with E-state index >= 15 is 0 Å². The highest BCUT2D eigenvalue weighted by molar-refractivity contribution is 5.69. The van der Waals surface area contributed by atoms with Crippen molar-refractivity contribution in [3.05, 3.63) is 0 Å². The monoisotopic (exact) mass is 232 g/mol. The Kier molecular flexibility index (Phi) is 9.24. The number of carbonyl (C=O) groups excluding carboxylic acids is 1. The molecule has 0 aliphatic heterocycles. The van der Waals surface area contributed by atoms with Crippen LogP contribution in [0.4, 0.5) is 0 Å². The van der Waals surface area contributed by atoms with Gasteiger partial charge in [-0.05, 0) is 20.3 Å². The van der Waals surface area contributed by atoms with Gasteiger partial charge in [0.15, 0.2) is 0 Å². The fraction of sp³-hybridized carbons (Fsp3) is 0.917. The summed E-state index contributed by atoms with van der Waals surface area (Å²) in [7, 11) is 0. The average molecular weight is 232 g/mol. The van der Waals surface area contributed by atoms with Gasteiger partial charge in [0.05, 0.1) is 19.3 Å². The predicted octanol–water partition coefficient (Wildman–Crippen LogP) is 2.16. The van der Waals surface area contributed by atoms with Crippen LogP contribution in [-0.4, -0.2) is 38.0 Å². The van der Waals surface area contributed by atoms with Crippen LogP contribution in [0.5, 0.6) is 0 Å². The number of hydrogen-bond donors (Lipinski definition) is 0. The Balaban J connectivity index is 3.50. The first-order valence-electron chi connectivity index (χ1n) is 5.98. The molecule has 0 bridgehead atoms. The van der Waals surface area contributed by atoms with Crippen LogP contribution in [0.2, 0.25) is 0 Å². The van der Waals surface area contributed by atoms with Crippen LogP contribution in [0.1, 0.15) is 40.5 Å². The van der Waals surface area contributed by atoms with Crippen LogP contribution in [0.3, 0.4) is 0 Å². The van der Waals surface area contributed by atoms with Gasteiger partial charge in [-0.2, -0.15) is 0 Å². The van der Waals surface area contributed by atoms with Gasteiger partial charge in [0.1, 0.15) is 6.10 Å². The van der Waals surface area contributed by atoms with Crippen molar-refractivity contribution in [2.75, 3.05) is 19.8 Å². The van der Waals surface area contributed by atoms with E-state index in [-0.39, 0.29) is 18.2 Å². The second kappa shape index (κ2) is 9.60. The topological polar surface area (TPSA) is 44.8 Å². The number of carbonyl (C=O) groups is 1. The van der Waals surface area contributed by atoms with E-state index in [1.54, 1.807) is 6.92 Å². The van der Waals surface area contributed by atoms with E-state index < -0.39 is 0 Å². The zero-order valence-electron chi connectivity index (χ0n) is 10.8. The molecule has 0 saturated heterocycles. The lowest BCUT2D eigenvalue weighted by Crippen LogP contribution is -2.25. The molecular weight excluding hydrogens is 208 g/mol. The van der Waals surface area contributed by atoms with Gasteiger partial charge in [0, 0.05) is 13.0 Å². The van der Waals surface area contributed by atoms with E-state index in [4.69, 9.17) is 14.2 Å². The Morgan fingerprint density at radius 3 is 2.38 bits per heavy atom. The molecule has 4 heteroatoms. The van der Waals surface area contributed by atoms with Crippen LogP contribution in [-0.2, 0) is 19.0 Å². The van der Waals surface area contributed by atoms with Gasteiger partial charge in [-0.15, -0.1) is 0 Å². The lowest BCUT2D eigenvalue weighted by Gasteiger charge is -2.17. The Morgan fingerprint density at radius 2 is 1.81 bits per heavy atom. The van der Waals surface area contributed by atoms with Crippen molar-refractivity contribution in [1.82, 2.24) is 0 Å². The second-order valence-electron chi connectivity index (χ2n) is 3.87. The van der Waals surface area contributed by atoms with Crippen LogP contribution in [0.15, 0.2) is 0 Å². The molecule has 0 aliphatic carbocycles. The molecular formula is C12H24O4. The maximum atomic E-state index is 11.0. The molecule has 0 spiro atoms. The lowest BCUT2D eigenvalue weighted by atomic mass is 10.4. The fourth-order valence-electron chi connectivity index (χ4n) is 1.08. The molecule has 0 fully saturated rings. The van der Waals surface area contributed by atoms with Crippen LogP contribution in [0, 0.1) is 0 Å². The van der Waals surface area contributed by atoms with Crippen molar-refractivity contribution in [3.63, 3.8) is 0 Å². The molecule has 0 rings (SSSR count). The molecule has 0 aromatic heterocycles. The van der Waals surface area contributed by atoms with Gasteiger partial charge in [0.25, 0.3) is 0 Å². The first kappa shape index (κ1) is 15.4. The highest BCUT2D eigenvalue weighted by Gasteiger charge is 2.10. The van der Waals surface area contributed by atoms with Gasteiger partial charge >= 0.3 is 5.97 Å². The van der Waals surface area contributed by atoms with Crippen LogP contribution < -0.4 is 0 Å². The van der Waals surface area contributed by atoms with Crippen molar-refractivity contribution in [2.45, 2.75) is 52.7 Å². The van der Waals surface area contributed by atoms with Crippen molar-refractivity contribution < 1.29 is 19.0 Å². The van der Waals surface area contributed by atoms with Gasteiger partial charge in [-0.1, -0.05) is 13.8 Å². The molecule has 2 unspecified atom stereocenters. The summed E-state index contributed by atoms with van der Waals surface area (Å²) in [6.45, 7) is 9.38. The molecule has 4 nitrogen and oxygen atoms in total. The zero-order valence-corrected chi connectivity index (χ0v) is 10.8. The molecule has 16 heavy (non-hydrogen) atoms. The number of hydrogen-bond acceptors (Lipinski definition) is 4. The Morgan fingerprint density at radius 1 is 1.12 bits per heavy atom. The van der Waals surface area contributed by atoms with Gasteiger partial charge in [-0.3, -0.25) is 4.79 Å². The maximum Gasteiger partial charge on any atom is 0.305 e. The molecule has 2 atom stereocenters. The average Bonchev–Trinajstić information content (AvgIpc) is 2.26. The predicted molar refractivity (Wildman–Crippen MR) is 62.4 cm³/mol. The number of ether oxygens (including phenoxy) is 3. The third-order valence-electron chi connectivity index (χ3n) is 1.94. The SMILES string of the molecule is CCCOCC(C)OCC(C)OC(=O)CC. The summed E-state index contributed by atoms with van der Waals surface area (Å²) in [4.78, 5) is 11.0. The standard InChI is InChI=1S/C12H24O4/c1-5-7-14-8-10(3)15-9-11(4)16-12(13)6-2/h10-11H,5-9H2,1-4H3. The minimum atomic E-state index is -0.193. The van der Waals surface area contributed by atoms with Gasteiger partial charge < -0.3 is 14.2 Å². The molecule has 0 aliphatic rings. The summed E-state index contributed by atoms with van der Waals surface area (Å²) < 4.78 is 15.9. The third kappa shape index (κ3) is 8.68. The van der Waals surface area contributed by atoms with Crippen molar-refractivity contribution >= 4 is 5.97 Å². The minimum Gasteiger partial charge on any atom is -0.460 e. The summed E-state index contributed by atoms with van der Waals surface area (Å²) >= 11 is 0. The summed E-state index contributed by atoms with van der Waals surface area (Å²) in [5.74, 6) is -0.189. The van der Waals surface area contributed by atoms with E-state index in [2.05, 4.69) is 6.92 Å². The molecule has 0 N–H and O–H groups in total. The summed E-state index contributed by atoms with van der Waals surface area (Å²) in [6.07, 6.45) is 1.26. The Bertz CT molecular complexity index is 182. The highest BCUT2D eigenvalue weighted by atomic mass is 16.6. The third-order valence-corrected chi connectivity index (χ3v) is 1.94. The largest absolute Gasteiger partial charge is 0.460 e. The maximum absolute atomic E-state index is 11.0. The van der Waals surface area contributed by atoms with E-state index in [9.17, 15) is 4.79 Å². The molecule has 0 heterocycles. The normalized spacial score (nSPS) is 14.5. The molecule has 0 saturated carbocycles. The van der Waals surface area contributed by atoms with Crippen LogP contribution in [0.25, 0.3) is 0 Å². The summed E-state index contributed by atoms with van der Waals surface area (Å²) in [5, 5.41) is 0. The minimum absolute atomic E-state index is 0.0364. The smallest absolute Gasteiger partial charge is 0.305 e. The molecule has 0 amide bonds. The van der Waals surface area contributed by atoms with Crippen LogP contribution >= 0.6 is 0 Å². The summed E-state index contributed by atoms with van der Waals surface area (Å²) in [6, 6.07) is 0. The van der Waals surface area contributed by atoms with Crippen molar-refractivity contribution in [3.8, 4) is 0 Å². The van der Waals surface area contributed by atoms with E-state index in [1.165, 1.54) is 0 Å². The van der Waals surface area contributed by atoms with E-state index in [0.29, 0.717) is 19.6 Å². The Labute approximate surface area is 98.3 Å². The molecule has 0 radical (unpaired) electrons. The van der Waals surface area contributed by atoms with Crippen molar-refractivity contribution in [1.29, 1.82) is 0 Å². The number of rotatable bonds is 9. The van der Waals surface area contributed by atoms with Gasteiger partial charge in [0.2, 0.25) is 0 Å². The first-order valence-corrected chi connectivity index (χ1v) is 5.98. The first-order chi connectivity index (χ1) is 7.60. The van der Waals surface area contributed by atoms with E-state index in [0.717, 1.165) is 13.0 Å². The second-order valence-corrected chi connectivity index (χ2v) is 3.87. The molecule has 0 aromatic carbocycles. The van der Waals surface area contributed by atoms with Crippen molar-refractivity contribution in [2.24, 2.45) is 0 Å². The Hall–Kier alpha value is -0.610. The molecule has 0 aromatic rings. The quantitative estimate of drug-likeness (QED) is 0.451. The summed E-state index contributed by atoms with van der Waals surface area (Å²) in [5.41, 5.74) is 0. The zero-order chi connectivity index (χ0) is 12.4.